The molecule has 0 spiro atoms. The maximum absolute atomic E-state index is 12.3. The van der Waals surface area contributed by atoms with Crippen LogP contribution in [0.5, 0.6) is 0 Å². The van der Waals surface area contributed by atoms with E-state index in [1.807, 2.05) is 0 Å². The van der Waals surface area contributed by atoms with Gasteiger partial charge in [-0.05, 0) is 18.1 Å². The predicted octanol–water partition coefficient (Wildman–Crippen LogP) is 1.09. The number of nitro groups is 1. The lowest BCUT2D eigenvalue weighted by atomic mass is 10.1. The van der Waals surface area contributed by atoms with E-state index in [0.29, 0.717) is 6.42 Å². The van der Waals surface area contributed by atoms with Gasteiger partial charge in [-0.25, -0.2) is 4.79 Å². The van der Waals surface area contributed by atoms with Gasteiger partial charge in [-0.3, -0.25) is 29.3 Å². The van der Waals surface area contributed by atoms with E-state index in [-0.39, 0.29) is 43.2 Å². The average Bonchev–Trinajstić information content (AvgIpc) is 2.80. The number of aromatic amines is 1. The van der Waals surface area contributed by atoms with Crippen molar-refractivity contribution in [3.05, 3.63) is 72.0 Å². The summed E-state index contributed by atoms with van der Waals surface area (Å²) in [5.41, 5.74) is -1.76. The van der Waals surface area contributed by atoms with E-state index in [9.17, 15) is 37.7 Å². The summed E-state index contributed by atoms with van der Waals surface area (Å²) < 4.78 is 48.7. The van der Waals surface area contributed by atoms with Crippen LogP contribution in [-0.4, -0.2) is 44.4 Å². The number of hydrogen-bond donors (Lipinski definition) is 3. The van der Waals surface area contributed by atoms with Crippen LogP contribution in [0.1, 0.15) is 30.0 Å². The number of carbonyl (C=O) groups is 1. The number of alkyl halides is 3. The molecule has 0 aliphatic carbocycles. The van der Waals surface area contributed by atoms with Crippen LogP contribution in [0.15, 0.2) is 34.0 Å². The van der Waals surface area contributed by atoms with Gasteiger partial charge in [0.25, 0.3) is 11.2 Å². The third-order valence-corrected chi connectivity index (χ3v) is 4.77. The number of nitrogens with one attached hydrogen (secondary N) is 2. The summed E-state index contributed by atoms with van der Waals surface area (Å²) in [5, 5.41) is 22.2. The van der Waals surface area contributed by atoms with E-state index in [0.717, 1.165) is 10.6 Å². The molecule has 1 aromatic heterocycles. The van der Waals surface area contributed by atoms with E-state index < -0.39 is 46.6 Å². The number of rotatable bonds is 12. The highest BCUT2D eigenvalue weighted by molar-refractivity contribution is 5.81. The first-order valence-corrected chi connectivity index (χ1v) is 10.2. The number of ether oxygens (including phenoxy) is 2. The maximum Gasteiger partial charge on any atom is 0.471 e. The van der Waals surface area contributed by atoms with Crippen LogP contribution >= 0.6 is 0 Å². The average molecular weight is 504 g/mol. The summed E-state index contributed by atoms with van der Waals surface area (Å²) >= 11 is 0. The monoisotopic (exact) mass is 504 g/mol. The van der Waals surface area contributed by atoms with Crippen molar-refractivity contribution in [3.8, 4) is 0 Å². The molecule has 12 nitrogen and oxygen atoms in total. The number of nitrogens with zero attached hydrogens (tertiary/aromatic N) is 2. The van der Waals surface area contributed by atoms with Gasteiger partial charge in [-0.1, -0.05) is 13.0 Å². The molecule has 35 heavy (non-hydrogen) atoms. The summed E-state index contributed by atoms with van der Waals surface area (Å²) in [6.07, 6.45) is -3.88. The third-order valence-electron chi connectivity index (χ3n) is 4.77. The highest BCUT2D eigenvalue weighted by Crippen LogP contribution is 2.22. The van der Waals surface area contributed by atoms with Crippen molar-refractivity contribution in [2.24, 2.45) is 0 Å². The van der Waals surface area contributed by atoms with Crippen LogP contribution in [0.2, 0.25) is 0 Å². The highest BCUT2D eigenvalue weighted by atomic mass is 19.4. The molecule has 192 valence electrons. The number of amides is 1. The number of carbonyl (C=O) groups excluding carboxylic acids is 1. The van der Waals surface area contributed by atoms with Gasteiger partial charge in [-0.15, -0.1) is 0 Å². The summed E-state index contributed by atoms with van der Waals surface area (Å²) in [6, 6.07) is 3.55. The van der Waals surface area contributed by atoms with Gasteiger partial charge < -0.3 is 19.9 Å². The van der Waals surface area contributed by atoms with Crippen LogP contribution in [0.3, 0.4) is 0 Å². The Kier molecular flexibility index (Phi) is 9.68. The number of benzene rings is 1. The summed E-state index contributed by atoms with van der Waals surface area (Å²) in [6.45, 7) is 0.0568. The van der Waals surface area contributed by atoms with Gasteiger partial charge in [0.1, 0.15) is 6.73 Å². The van der Waals surface area contributed by atoms with Crippen molar-refractivity contribution >= 4 is 11.6 Å². The fraction of sp³-hybridized carbons (Fsp3) is 0.450. The normalized spacial score (nSPS) is 12.4. The molecule has 0 bridgehead atoms. The molecule has 0 saturated heterocycles. The van der Waals surface area contributed by atoms with Crippen molar-refractivity contribution in [1.82, 2.24) is 14.9 Å². The molecule has 0 fully saturated rings. The lowest BCUT2D eigenvalue weighted by Crippen LogP contribution is -2.36. The number of H-pyrrole nitrogens is 1. The van der Waals surface area contributed by atoms with Gasteiger partial charge in [0.05, 0.1) is 42.0 Å². The second kappa shape index (κ2) is 12.2. The first-order valence-electron chi connectivity index (χ1n) is 10.2. The Hall–Kier alpha value is -3.56. The lowest BCUT2D eigenvalue weighted by Gasteiger charge is -2.14. The smallest absolute Gasteiger partial charge is 0.394 e. The van der Waals surface area contributed by atoms with Crippen LogP contribution in [0.25, 0.3) is 0 Å². The number of hydrogen-bond acceptors (Lipinski definition) is 8. The molecule has 1 heterocycles. The van der Waals surface area contributed by atoms with Gasteiger partial charge in [0.15, 0.2) is 0 Å². The maximum atomic E-state index is 12.3. The Balaban J connectivity index is 2.07. The van der Waals surface area contributed by atoms with Crippen molar-refractivity contribution in [3.63, 3.8) is 0 Å². The molecular formula is C20H23F3N4O8. The number of aliphatic hydroxyl groups is 1. The van der Waals surface area contributed by atoms with Gasteiger partial charge in [0, 0.05) is 18.8 Å². The Labute approximate surface area is 195 Å². The summed E-state index contributed by atoms with van der Waals surface area (Å²) in [5.74, 6) is -2.17. The second-order valence-corrected chi connectivity index (χ2v) is 7.29. The highest BCUT2D eigenvalue weighted by Gasteiger charge is 2.38. The molecule has 2 aromatic rings. The van der Waals surface area contributed by atoms with Gasteiger partial charge in [-0.2, -0.15) is 13.2 Å². The van der Waals surface area contributed by atoms with Crippen LogP contribution in [0.4, 0.5) is 18.9 Å². The summed E-state index contributed by atoms with van der Waals surface area (Å²) in [7, 11) is 0. The molecular weight excluding hydrogens is 481 g/mol. The minimum Gasteiger partial charge on any atom is -0.394 e. The molecule has 1 aromatic carbocycles. The molecule has 0 saturated carbocycles. The number of halogens is 3. The Morgan fingerprint density at radius 1 is 1.29 bits per heavy atom. The third kappa shape index (κ3) is 8.01. The first kappa shape index (κ1) is 27.7. The zero-order valence-corrected chi connectivity index (χ0v) is 18.5. The molecule has 0 aliphatic heterocycles. The molecule has 3 N–H and O–H groups in total. The van der Waals surface area contributed by atoms with Crippen molar-refractivity contribution in [2.45, 2.75) is 52.1 Å². The summed E-state index contributed by atoms with van der Waals surface area (Å²) in [4.78, 5) is 47.6. The topological polar surface area (TPSA) is 166 Å². The number of aliphatic hydroxyl groups excluding tert-OH is 1. The van der Waals surface area contributed by atoms with Crippen LogP contribution in [-0.2, 0) is 40.8 Å². The number of aromatic nitrogens is 2. The molecule has 1 atom stereocenters. The molecule has 1 amide bonds. The Morgan fingerprint density at radius 2 is 1.97 bits per heavy atom. The fourth-order valence-electron chi connectivity index (χ4n) is 2.80. The largest absolute Gasteiger partial charge is 0.471 e. The molecule has 0 radical (unpaired) electrons. The van der Waals surface area contributed by atoms with Crippen molar-refractivity contribution in [2.75, 3.05) is 6.61 Å². The van der Waals surface area contributed by atoms with Crippen LogP contribution < -0.4 is 16.6 Å². The SMILES string of the molecule is CC[C@@H](CO)OCn1cc(COCc2ccc(CNC(=O)C(F)(F)F)cc2[N+](=O)[O-])c(=O)[nH]c1=O. The van der Waals surface area contributed by atoms with E-state index >= 15 is 0 Å². The minimum absolute atomic E-state index is 0.0272. The minimum atomic E-state index is -5.08. The Morgan fingerprint density at radius 3 is 2.57 bits per heavy atom. The zero-order valence-electron chi connectivity index (χ0n) is 18.5. The van der Waals surface area contributed by atoms with Gasteiger partial charge >= 0.3 is 17.8 Å². The second-order valence-electron chi connectivity index (χ2n) is 7.29. The quantitative estimate of drug-likeness (QED) is 0.285. The predicted molar refractivity (Wildman–Crippen MR) is 113 cm³/mol. The van der Waals surface area contributed by atoms with Crippen molar-refractivity contribution in [1.29, 1.82) is 0 Å². The van der Waals surface area contributed by atoms with E-state index in [1.165, 1.54) is 18.3 Å². The molecule has 0 aliphatic rings. The number of nitro benzene ring substituents is 1. The van der Waals surface area contributed by atoms with Gasteiger partial charge in [0.2, 0.25) is 0 Å². The van der Waals surface area contributed by atoms with Crippen LogP contribution in [0, 0.1) is 10.1 Å². The van der Waals surface area contributed by atoms with E-state index in [2.05, 4.69) is 4.98 Å². The lowest BCUT2D eigenvalue weighted by molar-refractivity contribution is -0.386. The molecule has 0 unspecified atom stereocenters. The molecule has 15 heteroatoms. The fourth-order valence-corrected chi connectivity index (χ4v) is 2.80. The Bertz CT molecular complexity index is 1160. The first-order chi connectivity index (χ1) is 16.5. The molecule has 2 rings (SSSR count). The van der Waals surface area contributed by atoms with Crippen molar-refractivity contribution < 1.29 is 37.5 Å². The standard InChI is InChI=1S/C20H23F3N4O8/c1-2-15(8-28)35-11-26-7-14(17(29)25-19(26)31)10-34-9-13-4-3-12(5-16(13)27(32)33)6-24-18(30)20(21,22)23/h3-5,7,15,28H,2,6,8-11H2,1H3,(H,24,30)(H,25,29,31)/t15-/m0/s1. The van der Waals surface area contributed by atoms with E-state index in [4.69, 9.17) is 14.6 Å². The van der Waals surface area contributed by atoms with E-state index in [1.54, 1.807) is 12.2 Å². The zero-order chi connectivity index (χ0) is 26.2.